The van der Waals surface area contributed by atoms with Gasteiger partial charge < -0.3 is 10.4 Å². The van der Waals surface area contributed by atoms with Crippen LogP contribution in [0.15, 0.2) is 12.3 Å². The number of aromatic nitrogens is 1. The molecule has 0 amide bonds. The van der Waals surface area contributed by atoms with Gasteiger partial charge in [-0.1, -0.05) is 25.4 Å². The number of rotatable bonds is 4. The van der Waals surface area contributed by atoms with Gasteiger partial charge in [-0.3, -0.25) is 10.1 Å². The lowest BCUT2D eigenvalue weighted by molar-refractivity contribution is -0.385. The van der Waals surface area contributed by atoms with Gasteiger partial charge in [0.2, 0.25) is 0 Å². The van der Waals surface area contributed by atoms with Crippen molar-refractivity contribution in [1.29, 1.82) is 0 Å². The summed E-state index contributed by atoms with van der Waals surface area (Å²) in [7, 11) is 0. The van der Waals surface area contributed by atoms with Crippen LogP contribution in [0, 0.1) is 15.5 Å². The van der Waals surface area contributed by atoms with E-state index in [9.17, 15) is 15.2 Å². The normalized spacial score (nSPS) is 20.0. The van der Waals surface area contributed by atoms with E-state index in [0.717, 1.165) is 31.9 Å². The Kier molecular flexibility index (Phi) is 4.39. The van der Waals surface area contributed by atoms with E-state index < -0.39 is 10.5 Å². The lowest BCUT2D eigenvalue weighted by Gasteiger charge is -2.40. The van der Waals surface area contributed by atoms with Crippen LogP contribution < -0.4 is 5.32 Å². The number of aliphatic hydroxyl groups is 1. The van der Waals surface area contributed by atoms with E-state index in [1.165, 1.54) is 6.07 Å². The van der Waals surface area contributed by atoms with Crippen LogP contribution in [0.3, 0.4) is 0 Å². The van der Waals surface area contributed by atoms with E-state index in [0.29, 0.717) is 12.4 Å². The third-order valence-electron chi connectivity index (χ3n) is 4.16. The summed E-state index contributed by atoms with van der Waals surface area (Å²) in [5, 5.41) is 24.4. The standard InChI is InChI=1S/C14H20ClN3O3/c1-13(2)3-5-14(19,6-4-13)9-17-12-11(15)7-10(8-16-12)18(20)21/h7-8,19H,3-6,9H2,1-2H3,(H,16,17). The molecular formula is C14H20ClN3O3. The van der Waals surface area contributed by atoms with Crippen LogP contribution in [-0.4, -0.2) is 27.2 Å². The molecule has 1 aliphatic rings. The van der Waals surface area contributed by atoms with Crippen LogP contribution in [0.4, 0.5) is 11.5 Å². The highest BCUT2D eigenvalue weighted by atomic mass is 35.5. The topological polar surface area (TPSA) is 88.3 Å². The summed E-state index contributed by atoms with van der Waals surface area (Å²) in [6.07, 6.45) is 4.52. The smallest absolute Gasteiger partial charge is 0.289 e. The lowest BCUT2D eigenvalue weighted by Crippen LogP contribution is -2.42. The van der Waals surface area contributed by atoms with Crippen molar-refractivity contribution in [2.24, 2.45) is 5.41 Å². The summed E-state index contributed by atoms with van der Waals surface area (Å²) >= 11 is 5.97. The van der Waals surface area contributed by atoms with Gasteiger partial charge in [0.15, 0.2) is 0 Å². The van der Waals surface area contributed by atoms with Crippen molar-refractivity contribution in [3.05, 3.63) is 27.4 Å². The molecule has 0 atom stereocenters. The zero-order chi connectivity index (χ0) is 15.7. The van der Waals surface area contributed by atoms with Gasteiger partial charge in [-0.05, 0) is 31.1 Å². The minimum atomic E-state index is -0.775. The van der Waals surface area contributed by atoms with Crippen molar-refractivity contribution in [3.63, 3.8) is 0 Å². The minimum Gasteiger partial charge on any atom is -0.388 e. The molecule has 21 heavy (non-hydrogen) atoms. The maximum absolute atomic E-state index is 10.6. The summed E-state index contributed by atoms with van der Waals surface area (Å²) in [6, 6.07) is 1.25. The molecule has 7 heteroatoms. The Morgan fingerprint density at radius 1 is 1.43 bits per heavy atom. The van der Waals surface area contributed by atoms with Gasteiger partial charge in [-0.15, -0.1) is 0 Å². The van der Waals surface area contributed by atoms with Crippen LogP contribution in [0.2, 0.25) is 5.02 Å². The summed E-state index contributed by atoms with van der Waals surface area (Å²) in [4.78, 5) is 14.0. The fourth-order valence-corrected chi connectivity index (χ4v) is 2.70. The molecule has 0 unspecified atom stereocenters. The number of anilines is 1. The molecule has 116 valence electrons. The van der Waals surface area contributed by atoms with Crippen molar-refractivity contribution in [2.75, 3.05) is 11.9 Å². The molecule has 0 spiro atoms. The molecule has 1 heterocycles. The molecular weight excluding hydrogens is 294 g/mol. The second-order valence-corrected chi connectivity index (χ2v) is 6.93. The summed E-state index contributed by atoms with van der Waals surface area (Å²) < 4.78 is 0. The average Bonchev–Trinajstić information content (AvgIpc) is 2.41. The Bertz CT molecular complexity index is 538. The molecule has 1 fully saturated rings. The van der Waals surface area contributed by atoms with Gasteiger partial charge in [0.25, 0.3) is 5.69 Å². The fourth-order valence-electron chi connectivity index (χ4n) is 2.47. The van der Waals surface area contributed by atoms with Crippen molar-refractivity contribution < 1.29 is 10.0 Å². The quantitative estimate of drug-likeness (QED) is 0.657. The Morgan fingerprint density at radius 3 is 2.57 bits per heavy atom. The van der Waals surface area contributed by atoms with E-state index >= 15 is 0 Å². The van der Waals surface area contributed by atoms with Gasteiger partial charge in [0, 0.05) is 12.6 Å². The second-order valence-electron chi connectivity index (χ2n) is 6.52. The first-order valence-electron chi connectivity index (χ1n) is 6.97. The average molecular weight is 314 g/mol. The number of nitrogens with zero attached hydrogens (tertiary/aromatic N) is 2. The van der Waals surface area contributed by atoms with Crippen LogP contribution in [-0.2, 0) is 0 Å². The van der Waals surface area contributed by atoms with E-state index in [1.807, 2.05) is 0 Å². The van der Waals surface area contributed by atoms with E-state index in [-0.39, 0.29) is 16.1 Å². The van der Waals surface area contributed by atoms with Gasteiger partial charge in [-0.2, -0.15) is 0 Å². The predicted octanol–water partition coefficient (Wildman–Crippen LogP) is 3.39. The Balaban J connectivity index is 1.98. The predicted molar refractivity (Wildman–Crippen MR) is 81.6 cm³/mol. The van der Waals surface area contributed by atoms with Crippen molar-refractivity contribution in [3.8, 4) is 0 Å². The third-order valence-corrected chi connectivity index (χ3v) is 4.44. The molecule has 1 aromatic rings. The Morgan fingerprint density at radius 2 is 2.05 bits per heavy atom. The molecule has 1 aromatic heterocycles. The minimum absolute atomic E-state index is 0.149. The van der Waals surface area contributed by atoms with Gasteiger partial charge in [-0.25, -0.2) is 4.98 Å². The first-order chi connectivity index (χ1) is 9.71. The number of pyridine rings is 1. The van der Waals surface area contributed by atoms with Crippen LogP contribution in [0.5, 0.6) is 0 Å². The molecule has 2 rings (SSSR count). The van der Waals surface area contributed by atoms with Crippen molar-refractivity contribution in [2.45, 2.75) is 45.1 Å². The Hall–Kier alpha value is -1.40. The van der Waals surface area contributed by atoms with Crippen molar-refractivity contribution >= 4 is 23.1 Å². The summed E-state index contributed by atoms with van der Waals surface area (Å²) in [6.45, 7) is 4.75. The largest absolute Gasteiger partial charge is 0.388 e. The molecule has 2 N–H and O–H groups in total. The highest BCUT2D eigenvalue weighted by Crippen LogP contribution is 2.40. The van der Waals surface area contributed by atoms with E-state index in [2.05, 4.69) is 24.1 Å². The summed E-state index contributed by atoms with van der Waals surface area (Å²) in [5.41, 5.74) is -0.652. The molecule has 0 bridgehead atoms. The highest BCUT2D eigenvalue weighted by Gasteiger charge is 2.36. The van der Waals surface area contributed by atoms with Crippen LogP contribution >= 0.6 is 11.6 Å². The molecule has 6 nitrogen and oxygen atoms in total. The molecule has 1 aliphatic carbocycles. The number of nitrogens with one attached hydrogen (secondary N) is 1. The number of hydrogen-bond donors (Lipinski definition) is 2. The first kappa shape index (κ1) is 16.0. The molecule has 0 aromatic carbocycles. The second kappa shape index (κ2) is 5.77. The SMILES string of the molecule is CC1(C)CCC(O)(CNc2ncc([N+](=O)[O-])cc2Cl)CC1. The number of halogens is 1. The zero-order valence-corrected chi connectivity index (χ0v) is 13.0. The van der Waals surface area contributed by atoms with Crippen LogP contribution in [0.1, 0.15) is 39.5 Å². The number of hydrogen-bond acceptors (Lipinski definition) is 5. The van der Waals surface area contributed by atoms with Crippen molar-refractivity contribution in [1.82, 2.24) is 4.98 Å². The zero-order valence-electron chi connectivity index (χ0n) is 12.2. The lowest BCUT2D eigenvalue weighted by atomic mass is 9.71. The van der Waals surface area contributed by atoms with E-state index in [1.54, 1.807) is 0 Å². The van der Waals surface area contributed by atoms with E-state index in [4.69, 9.17) is 11.6 Å². The number of nitro groups is 1. The Labute approximate surface area is 128 Å². The molecule has 1 saturated carbocycles. The molecule has 0 saturated heterocycles. The van der Waals surface area contributed by atoms with Gasteiger partial charge >= 0.3 is 0 Å². The maximum atomic E-state index is 10.6. The maximum Gasteiger partial charge on any atom is 0.289 e. The molecule has 0 aliphatic heterocycles. The molecule has 0 radical (unpaired) electrons. The monoisotopic (exact) mass is 313 g/mol. The highest BCUT2D eigenvalue weighted by molar-refractivity contribution is 6.33. The van der Waals surface area contributed by atoms with Gasteiger partial charge in [0.1, 0.15) is 12.0 Å². The third kappa shape index (κ3) is 4.04. The fraction of sp³-hybridized carbons (Fsp3) is 0.643. The van der Waals surface area contributed by atoms with Gasteiger partial charge in [0.05, 0.1) is 15.5 Å². The summed E-state index contributed by atoms with van der Waals surface area (Å²) in [5.74, 6) is 0.362. The van der Waals surface area contributed by atoms with Crippen LogP contribution in [0.25, 0.3) is 0 Å². The first-order valence-corrected chi connectivity index (χ1v) is 7.35.